The predicted octanol–water partition coefficient (Wildman–Crippen LogP) is 1.58. The zero-order valence-electron chi connectivity index (χ0n) is 14.3. The van der Waals surface area contributed by atoms with E-state index in [0.717, 1.165) is 4.90 Å². The van der Waals surface area contributed by atoms with Gasteiger partial charge in [0, 0.05) is 16.2 Å². The highest BCUT2D eigenvalue weighted by Gasteiger charge is 2.63. The molecule has 140 valence electrons. The van der Waals surface area contributed by atoms with Crippen molar-refractivity contribution >= 4 is 46.1 Å². The zero-order valence-corrected chi connectivity index (χ0v) is 16.4. The number of fused-ring (bicyclic) bond motifs is 5. The largest absolute Gasteiger partial charge is 0.351 e. The Morgan fingerprint density at radius 1 is 1.32 bits per heavy atom. The molecule has 3 aliphatic rings. The van der Waals surface area contributed by atoms with Crippen LogP contribution in [0, 0.1) is 14.9 Å². The number of anilines is 1. The van der Waals surface area contributed by atoms with Crippen LogP contribution in [0.25, 0.3) is 0 Å². The predicted molar refractivity (Wildman–Crippen MR) is 102 cm³/mol. The molecule has 0 unspecified atom stereocenters. The van der Waals surface area contributed by atoms with Gasteiger partial charge in [-0.15, -0.1) is 0 Å². The summed E-state index contributed by atoms with van der Waals surface area (Å²) in [6.45, 7) is 0.360. The van der Waals surface area contributed by atoms with Crippen LogP contribution < -0.4 is 4.90 Å². The first-order valence-electron chi connectivity index (χ1n) is 8.59. The van der Waals surface area contributed by atoms with Crippen molar-refractivity contribution in [3.8, 4) is 6.07 Å². The Bertz CT molecular complexity index is 1060. The van der Waals surface area contributed by atoms with Gasteiger partial charge in [-0.2, -0.15) is 5.26 Å². The molecule has 3 saturated heterocycles. The summed E-state index contributed by atoms with van der Waals surface area (Å²) in [5.41, 5.74) is 0.910. The van der Waals surface area contributed by atoms with E-state index >= 15 is 0 Å². The van der Waals surface area contributed by atoms with E-state index in [9.17, 15) is 14.4 Å². The maximum absolute atomic E-state index is 13.1. The first-order chi connectivity index (χ1) is 13.5. The average Bonchev–Trinajstić information content (AvgIpc) is 3.45. The Hall–Kier alpha value is -2.94. The Labute approximate surface area is 172 Å². The van der Waals surface area contributed by atoms with Crippen molar-refractivity contribution in [3.63, 3.8) is 0 Å². The van der Waals surface area contributed by atoms with Crippen LogP contribution in [0.2, 0.25) is 0 Å². The van der Waals surface area contributed by atoms with Crippen molar-refractivity contribution in [1.82, 2.24) is 15.0 Å². The molecule has 3 fully saturated rings. The zero-order chi connectivity index (χ0) is 19.6. The lowest BCUT2D eigenvalue weighted by molar-refractivity contribution is -0.121. The molecular formula is C18H12IN5O4. The Kier molecular flexibility index (Phi) is 3.70. The van der Waals surface area contributed by atoms with Gasteiger partial charge in [0.1, 0.15) is 12.1 Å². The molecule has 28 heavy (non-hydrogen) atoms. The Balaban J connectivity index is 1.46. The molecule has 1 aromatic heterocycles. The van der Waals surface area contributed by atoms with Gasteiger partial charge in [-0.3, -0.25) is 9.59 Å². The lowest BCUT2D eigenvalue weighted by Crippen LogP contribution is -2.54. The van der Waals surface area contributed by atoms with Gasteiger partial charge in [-0.1, -0.05) is 5.16 Å². The summed E-state index contributed by atoms with van der Waals surface area (Å²) in [6, 6.07) is 6.71. The standard InChI is InChI=1S/C18H12IN5O4/c19-12-5-10(2-1-9(12)7-20)24-17(26)15-13-6-11(23(15)18(24)27)8-22(13)16(25)14-3-4-21-28-14/h1-5,11,13,15H,6,8H2/t11-,13-,15+/m0/s1. The number of imide groups is 1. The van der Waals surface area contributed by atoms with Crippen LogP contribution in [-0.4, -0.2) is 57.5 Å². The summed E-state index contributed by atoms with van der Waals surface area (Å²) in [6.07, 6.45) is 1.97. The van der Waals surface area contributed by atoms with E-state index in [1.54, 1.807) is 28.0 Å². The first kappa shape index (κ1) is 17.2. The Morgan fingerprint density at radius 2 is 2.14 bits per heavy atom. The van der Waals surface area contributed by atoms with E-state index in [0.29, 0.717) is 27.8 Å². The highest BCUT2D eigenvalue weighted by Crippen LogP contribution is 2.43. The maximum Gasteiger partial charge on any atom is 0.332 e. The van der Waals surface area contributed by atoms with Crippen LogP contribution in [0.5, 0.6) is 0 Å². The number of piperazine rings is 1. The third-order valence-corrected chi connectivity index (χ3v) is 6.40. The van der Waals surface area contributed by atoms with Crippen LogP contribution in [0.3, 0.4) is 0 Å². The van der Waals surface area contributed by atoms with Gasteiger partial charge >= 0.3 is 6.03 Å². The number of carbonyl (C=O) groups excluding carboxylic acids is 3. The summed E-state index contributed by atoms with van der Waals surface area (Å²) in [4.78, 5) is 43.1. The van der Waals surface area contributed by atoms with Crippen molar-refractivity contribution in [2.75, 3.05) is 11.4 Å². The molecule has 3 aliphatic heterocycles. The molecule has 2 aromatic rings. The highest BCUT2D eigenvalue weighted by molar-refractivity contribution is 14.1. The van der Waals surface area contributed by atoms with Gasteiger partial charge in [-0.25, -0.2) is 9.69 Å². The number of urea groups is 1. The summed E-state index contributed by atoms with van der Waals surface area (Å²) in [5.74, 6) is -0.557. The molecule has 5 rings (SSSR count). The number of nitrogens with zero attached hydrogens (tertiary/aromatic N) is 5. The maximum atomic E-state index is 13.1. The second-order valence-electron chi connectivity index (χ2n) is 6.88. The molecule has 1 aromatic carbocycles. The quantitative estimate of drug-likeness (QED) is 0.468. The molecule has 3 atom stereocenters. The lowest BCUT2D eigenvalue weighted by atomic mass is 10.1. The minimum absolute atomic E-state index is 0.120. The normalized spacial score (nSPS) is 25.4. The van der Waals surface area contributed by atoms with Crippen molar-refractivity contribution in [2.24, 2.45) is 0 Å². The van der Waals surface area contributed by atoms with E-state index in [-0.39, 0.29) is 35.7 Å². The second-order valence-corrected chi connectivity index (χ2v) is 8.04. The third kappa shape index (κ3) is 2.22. The molecule has 0 spiro atoms. The molecule has 0 saturated carbocycles. The first-order valence-corrected chi connectivity index (χ1v) is 9.66. The smallest absolute Gasteiger partial charge is 0.332 e. The van der Waals surface area contributed by atoms with Crippen molar-refractivity contribution in [2.45, 2.75) is 24.5 Å². The fraction of sp³-hybridized carbons (Fsp3) is 0.278. The molecule has 9 nitrogen and oxygen atoms in total. The monoisotopic (exact) mass is 489 g/mol. The second kappa shape index (κ2) is 6.03. The van der Waals surface area contributed by atoms with Crippen LogP contribution in [-0.2, 0) is 4.79 Å². The number of hydrogen-bond donors (Lipinski definition) is 0. The molecule has 0 N–H and O–H groups in total. The van der Waals surface area contributed by atoms with Gasteiger partial charge in [-0.05, 0) is 47.2 Å². The van der Waals surface area contributed by atoms with Gasteiger partial charge in [0.25, 0.3) is 11.8 Å². The van der Waals surface area contributed by atoms with Crippen molar-refractivity contribution < 1.29 is 18.9 Å². The fourth-order valence-electron chi connectivity index (χ4n) is 4.33. The molecule has 4 heterocycles. The van der Waals surface area contributed by atoms with Crippen LogP contribution in [0.4, 0.5) is 10.5 Å². The minimum atomic E-state index is -0.702. The average molecular weight is 489 g/mol. The fourth-order valence-corrected chi connectivity index (χ4v) is 4.95. The molecule has 10 heteroatoms. The number of rotatable bonds is 2. The molecule has 2 bridgehead atoms. The van der Waals surface area contributed by atoms with E-state index in [1.807, 2.05) is 22.6 Å². The van der Waals surface area contributed by atoms with Gasteiger partial charge in [0.15, 0.2) is 0 Å². The highest BCUT2D eigenvalue weighted by atomic mass is 127. The number of aromatic nitrogens is 1. The summed E-state index contributed by atoms with van der Waals surface area (Å²) >= 11 is 2.00. The Morgan fingerprint density at radius 3 is 2.82 bits per heavy atom. The van der Waals surface area contributed by atoms with E-state index in [4.69, 9.17) is 9.78 Å². The topological polar surface area (TPSA) is 111 Å². The number of benzene rings is 1. The summed E-state index contributed by atoms with van der Waals surface area (Å²) in [7, 11) is 0. The summed E-state index contributed by atoms with van der Waals surface area (Å²) in [5, 5.41) is 12.6. The third-order valence-electron chi connectivity index (χ3n) is 5.51. The van der Waals surface area contributed by atoms with Crippen LogP contribution >= 0.6 is 22.6 Å². The van der Waals surface area contributed by atoms with Gasteiger partial charge in [0.05, 0.1) is 29.5 Å². The molecular weight excluding hydrogens is 477 g/mol. The molecule has 0 radical (unpaired) electrons. The van der Waals surface area contributed by atoms with Crippen molar-refractivity contribution in [3.05, 3.63) is 45.4 Å². The van der Waals surface area contributed by atoms with Crippen LogP contribution in [0.15, 0.2) is 35.0 Å². The SMILES string of the molecule is N#Cc1ccc(N2C(=O)[C@H]3[C@@H]4C[C@@H](CN4C(=O)c4ccno4)N3C2=O)cc1I. The molecule has 4 amide bonds. The van der Waals surface area contributed by atoms with Gasteiger partial charge < -0.3 is 14.3 Å². The lowest BCUT2D eigenvalue weighted by Gasteiger charge is -2.34. The number of likely N-dealkylation sites (tertiary alicyclic amines) is 1. The number of nitriles is 1. The van der Waals surface area contributed by atoms with E-state index < -0.39 is 6.04 Å². The number of carbonyl (C=O) groups is 3. The van der Waals surface area contributed by atoms with E-state index in [1.165, 1.54) is 12.3 Å². The van der Waals surface area contributed by atoms with Gasteiger partial charge in [0.2, 0.25) is 5.76 Å². The minimum Gasteiger partial charge on any atom is -0.351 e. The summed E-state index contributed by atoms with van der Waals surface area (Å²) < 4.78 is 5.62. The number of amides is 4. The van der Waals surface area contributed by atoms with Crippen LogP contribution in [0.1, 0.15) is 22.5 Å². The number of halogens is 1. The van der Waals surface area contributed by atoms with Crippen molar-refractivity contribution in [1.29, 1.82) is 5.26 Å². The number of hydrogen-bond acceptors (Lipinski definition) is 6. The molecule has 0 aliphatic carbocycles. The van der Waals surface area contributed by atoms with E-state index in [2.05, 4.69) is 11.2 Å².